The van der Waals surface area contributed by atoms with E-state index in [1.54, 1.807) is 18.6 Å². The maximum atomic E-state index is 5.53. The Bertz CT molecular complexity index is 417. The van der Waals surface area contributed by atoms with Crippen molar-refractivity contribution in [3.05, 3.63) is 54.4 Å². The van der Waals surface area contributed by atoms with Gasteiger partial charge in [0.1, 0.15) is 6.33 Å². The molecule has 0 radical (unpaired) electrons. The van der Waals surface area contributed by atoms with Gasteiger partial charge in [-0.3, -0.25) is 16.3 Å². The van der Waals surface area contributed by atoms with Crippen LogP contribution in [0.15, 0.2) is 43.2 Å². The van der Waals surface area contributed by atoms with E-state index in [4.69, 9.17) is 5.84 Å². The maximum absolute atomic E-state index is 5.53. The van der Waals surface area contributed by atoms with Crippen LogP contribution in [-0.4, -0.2) is 15.0 Å². The fraction of sp³-hybridized carbons (Fsp3) is 0.182. The minimum atomic E-state index is 0.00500. The fourth-order valence-electron chi connectivity index (χ4n) is 1.52. The molecule has 2 aromatic rings. The zero-order chi connectivity index (χ0) is 11.2. The van der Waals surface area contributed by atoms with Crippen molar-refractivity contribution in [2.24, 2.45) is 5.84 Å². The lowest BCUT2D eigenvalue weighted by Gasteiger charge is -2.14. The molecule has 2 rings (SSSR count). The summed E-state index contributed by atoms with van der Waals surface area (Å²) in [6.07, 6.45) is 9.36. The van der Waals surface area contributed by atoms with Crippen LogP contribution in [-0.2, 0) is 6.42 Å². The molecule has 2 heterocycles. The monoisotopic (exact) mass is 215 g/mol. The standard InChI is InChI=1S/C11H13N5/c12-16-11(10-6-14-8-15-7-10)4-9-2-1-3-13-5-9/h1-3,5-8,11,16H,4,12H2. The van der Waals surface area contributed by atoms with Crippen molar-refractivity contribution < 1.29 is 0 Å². The molecule has 1 atom stereocenters. The van der Waals surface area contributed by atoms with Crippen LogP contribution in [0, 0.1) is 0 Å². The Balaban J connectivity index is 2.13. The number of hydrogen-bond acceptors (Lipinski definition) is 5. The number of nitrogens with zero attached hydrogens (tertiary/aromatic N) is 3. The molecule has 0 saturated heterocycles. The van der Waals surface area contributed by atoms with Gasteiger partial charge in [0.15, 0.2) is 0 Å². The number of nitrogens with one attached hydrogen (secondary N) is 1. The minimum Gasteiger partial charge on any atom is -0.271 e. The third-order valence-corrected chi connectivity index (χ3v) is 2.35. The third kappa shape index (κ3) is 2.59. The average molecular weight is 215 g/mol. The highest BCUT2D eigenvalue weighted by atomic mass is 15.2. The van der Waals surface area contributed by atoms with Gasteiger partial charge < -0.3 is 0 Å². The Morgan fingerprint density at radius 2 is 2.00 bits per heavy atom. The van der Waals surface area contributed by atoms with Crippen LogP contribution in [0.1, 0.15) is 17.2 Å². The van der Waals surface area contributed by atoms with Crippen LogP contribution in [0.5, 0.6) is 0 Å². The van der Waals surface area contributed by atoms with E-state index in [1.165, 1.54) is 6.33 Å². The molecule has 16 heavy (non-hydrogen) atoms. The molecule has 2 aromatic heterocycles. The number of nitrogens with two attached hydrogens (primary N) is 1. The molecule has 5 nitrogen and oxygen atoms in total. The normalized spacial score (nSPS) is 12.3. The van der Waals surface area contributed by atoms with Crippen molar-refractivity contribution in [1.29, 1.82) is 0 Å². The Morgan fingerprint density at radius 1 is 1.19 bits per heavy atom. The summed E-state index contributed by atoms with van der Waals surface area (Å²) in [6, 6.07) is 3.93. The molecular weight excluding hydrogens is 202 g/mol. The Kier molecular flexibility index (Phi) is 3.53. The first-order valence-electron chi connectivity index (χ1n) is 5.00. The summed E-state index contributed by atoms with van der Waals surface area (Å²) in [5.74, 6) is 5.53. The van der Waals surface area contributed by atoms with E-state index in [0.29, 0.717) is 0 Å². The Hall–Kier alpha value is -1.85. The van der Waals surface area contributed by atoms with Crippen molar-refractivity contribution in [2.45, 2.75) is 12.5 Å². The smallest absolute Gasteiger partial charge is 0.115 e. The topological polar surface area (TPSA) is 76.7 Å². The van der Waals surface area contributed by atoms with Gasteiger partial charge in [0.2, 0.25) is 0 Å². The van der Waals surface area contributed by atoms with Crippen LogP contribution in [0.4, 0.5) is 0 Å². The van der Waals surface area contributed by atoms with Gasteiger partial charge in [0.25, 0.3) is 0 Å². The zero-order valence-electron chi connectivity index (χ0n) is 8.74. The summed E-state index contributed by atoms with van der Waals surface area (Å²) in [4.78, 5) is 12.0. The molecule has 5 heteroatoms. The number of aromatic nitrogens is 3. The fourth-order valence-corrected chi connectivity index (χ4v) is 1.52. The molecule has 0 bridgehead atoms. The van der Waals surface area contributed by atoms with E-state index in [2.05, 4.69) is 20.4 Å². The zero-order valence-corrected chi connectivity index (χ0v) is 8.74. The lowest BCUT2D eigenvalue weighted by Crippen LogP contribution is -2.29. The van der Waals surface area contributed by atoms with E-state index in [9.17, 15) is 0 Å². The molecule has 1 unspecified atom stereocenters. The van der Waals surface area contributed by atoms with Gasteiger partial charge in [-0.25, -0.2) is 9.97 Å². The van der Waals surface area contributed by atoms with Gasteiger partial charge in [-0.05, 0) is 18.1 Å². The summed E-state index contributed by atoms with van der Waals surface area (Å²) < 4.78 is 0. The van der Waals surface area contributed by atoms with Crippen molar-refractivity contribution in [2.75, 3.05) is 0 Å². The highest BCUT2D eigenvalue weighted by Crippen LogP contribution is 2.14. The quantitative estimate of drug-likeness (QED) is 0.577. The molecule has 0 fully saturated rings. The van der Waals surface area contributed by atoms with Crippen LogP contribution in [0.2, 0.25) is 0 Å². The van der Waals surface area contributed by atoms with Crippen molar-refractivity contribution in [3.8, 4) is 0 Å². The molecule has 0 aliphatic rings. The molecule has 0 spiro atoms. The molecule has 0 amide bonds. The molecular formula is C11H13N5. The second-order valence-corrected chi connectivity index (χ2v) is 3.46. The predicted octanol–water partition coefficient (Wildman–Crippen LogP) is 0.619. The van der Waals surface area contributed by atoms with Gasteiger partial charge in [0, 0.05) is 30.4 Å². The second-order valence-electron chi connectivity index (χ2n) is 3.46. The summed E-state index contributed by atoms with van der Waals surface area (Å²) in [6.45, 7) is 0. The van der Waals surface area contributed by atoms with Gasteiger partial charge in [-0.15, -0.1) is 0 Å². The van der Waals surface area contributed by atoms with Gasteiger partial charge in [-0.1, -0.05) is 6.07 Å². The number of hydrazine groups is 1. The van der Waals surface area contributed by atoms with Crippen molar-refractivity contribution >= 4 is 0 Å². The largest absolute Gasteiger partial charge is 0.271 e. The van der Waals surface area contributed by atoms with Gasteiger partial charge >= 0.3 is 0 Å². The summed E-state index contributed by atoms with van der Waals surface area (Å²) in [7, 11) is 0. The van der Waals surface area contributed by atoms with Crippen LogP contribution in [0.25, 0.3) is 0 Å². The summed E-state index contributed by atoms with van der Waals surface area (Å²) in [5.41, 5.74) is 4.85. The average Bonchev–Trinajstić information content (AvgIpc) is 2.38. The predicted molar refractivity (Wildman–Crippen MR) is 60.0 cm³/mol. The first-order valence-corrected chi connectivity index (χ1v) is 5.00. The highest BCUT2D eigenvalue weighted by molar-refractivity contribution is 5.16. The first-order chi connectivity index (χ1) is 7.90. The minimum absolute atomic E-state index is 0.00500. The van der Waals surface area contributed by atoms with Crippen LogP contribution in [0.3, 0.4) is 0 Å². The lowest BCUT2D eigenvalue weighted by molar-refractivity contribution is 0.547. The van der Waals surface area contributed by atoms with E-state index in [-0.39, 0.29) is 6.04 Å². The first kappa shape index (κ1) is 10.7. The van der Waals surface area contributed by atoms with Crippen LogP contribution < -0.4 is 11.3 Å². The van der Waals surface area contributed by atoms with E-state index in [0.717, 1.165) is 17.5 Å². The van der Waals surface area contributed by atoms with Crippen LogP contribution >= 0.6 is 0 Å². The molecule has 82 valence electrons. The highest BCUT2D eigenvalue weighted by Gasteiger charge is 2.10. The SMILES string of the molecule is NNC(Cc1cccnc1)c1cncnc1. The summed E-state index contributed by atoms with van der Waals surface area (Å²) >= 11 is 0. The van der Waals surface area contributed by atoms with Crippen molar-refractivity contribution in [1.82, 2.24) is 20.4 Å². The van der Waals surface area contributed by atoms with E-state index >= 15 is 0 Å². The van der Waals surface area contributed by atoms with E-state index in [1.807, 2.05) is 18.3 Å². The molecule has 3 N–H and O–H groups in total. The van der Waals surface area contributed by atoms with Gasteiger partial charge in [0.05, 0.1) is 6.04 Å². The maximum Gasteiger partial charge on any atom is 0.115 e. The second kappa shape index (κ2) is 5.29. The number of hydrogen-bond donors (Lipinski definition) is 2. The van der Waals surface area contributed by atoms with Gasteiger partial charge in [-0.2, -0.15) is 0 Å². The Morgan fingerprint density at radius 3 is 2.62 bits per heavy atom. The number of pyridine rings is 1. The number of rotatable bonds is 4. The third-order valence-electron chi connectivity index (χ3n) is 2.35. The lowest BCUT2D eigenvalue weighted by atomic mass is 10.0. The summed E-state index contributed by atoms with van der Waals surface area (Å²) in [5, 5.41) is 0. The Labute approximate surface area is 93.7 Å². The molecule has 0 aliphatic heterocycles. The van der Waals surface area contributed by atoms with Crippen molar-refractivity contribution in [3.63, 3.8) is 0 Å². The molecule has 0 aromatic carbocycles. The molecule has 0 aliphatic carbocycles. The molecule has 0 saturated carbocycles. The van der Waals surface area contributed by atoms with E-state index < -0.39 is 0 Å².